The van der Waals surface area contributed by atoms with Gasteiger partial charge < -0.3 is 5.32 Å². The SMILES string of the molecule is Clc1ccc(/C=C\CNCCCSc2nnnn2-c2ccccc2)cc1. The summed E-state index contributed by atoms with van der Waals surface area (Å²) in [5.41, 5.74) is 2.13. The molecular weight excluding hydrogens is 366 g/mol. The topological polar surface area (TPSA) is 55.6 Å². The van der Waals surface area contributed by atoms with E-state index in [1.165, 1.54) is 0 Å². The second-order valence-corrected chi connectivity index (χ2v) is 7.07. The summed E-state index contributed by atoms with van der Waals surface area (Å²) < 4.78 is 1.77. The lowest BCUT2D eigenvalue weighted by Crippen LogP contribution is -2.15. The van der Waals surface area contributed by atoms with Crippen LogP contribution in [0.15, 0.2) is 65.8 Å². The summed E-state index contributed by atoms with van der Waals surface area (Å²) in [5, 5.41) is 16.9. The van der Waals surface area contributed by atoms with Crippen molar-refractivity contribution in [3.63, 3.8) is 0 Å². The molecule has 134 valence electrons. The van der Waals surface area contributed by atoms with Crippen molar-refractivity contribution in [2.45, 2.75) is 11.6 Å². The molecule has 0 saturated carbocycles. The molecule has 0 unspecified atom stereocenters. The molecule has 0 fully saturated rings. The predicted octanol–water partition coefficient (Wildman–Crippen LogP) is 4.10. The van der Waals surface area contributed by atoms with Gasteiger partial charge in [-0.15, -0.1) is 5.10 Å². The molecule has 3 rings (SSSR count). The average molecular weight is 386 g/mol. The Kier molecular flexibility index (Phi) is 7.25. The summed E-state index contributed by atoms with van der Waals surface area (Å²) in [6.45, 7) is 1.79. The molecule has 0 aliphatic heterocycles. The van der Waals surface area contributed by atoms with Crippen LogP contribution >= 0.6 is 23.4 Å². The van der Waals surface area contributed by atoms with Crippen LogP contribution in [0.25, 0.3) is 11.8 Å². The van der Waals surface area contributed by atoms with Crippen molar-refractivity contribution in [2.24, 2.45) is 0 Å². The van der Waals surface area contributed by atoms with Crippen molar-refractivity contribution in [1.82, 2.24) is 25.5 Å². The number of hydrogen-bond donors (Lipinski definition) is 1. The zero-order valence-corrected chi connectivity index (χ0v) is 15.8. The highest BCUT2D eigenvalue weighted by molar-refractivity contribution is 7.99. The standard InChI is InChI=1S/C19H20ClN5S/c20-17-11-9-16(10-12-17)6-4-13-21-14-5-15-26-19-22-23-24-25(19)18-7-2-1-3-8-18/h1-4,6-12,21H,5,13-15H2/b6-4-. The molecule has 26 heavy (non-hydrogen) atoms. The highest BCUT2D eigenvalue weighted by atomic mass is 35.5. The van der Waals surface area contributed by atoms with E-state index >= 15 is 0 Å². The third kappa shape index (κ3) is 5.69. The Hall–Kier alpha value is -2.15. The van der Waals surface area contributed by atoms with Crippen LogP contribution in [0.3, 0.4) is 0 Å². The fourth-order valence-corrected chi connectivity index (χ4v) is 3.27. The Morgan fingerprint density at radius 1 is 1.08 bits per heavy atom. The summed E-state index contributed by atoms with van der Waals surface area (Å²) in [4.78, 5) is 0. The van der Waals surface area contributed by atoms with Gasteiger partial charge in [0.1, 0.15) is 0 Å². The number of para-hydroxylation sites is 1. The minimum atomic E-state index is 0.760. The number of hydrogen-bond acceptors (Lipinski definition) is 5. The zero-order chi connectivity index (χ0) is 18.0. The summed E-state index contributed by atoms with van der Waals surface area (Å²) in [6.07, 6.45) is 5.25. The smallest absolute Gasteiger partial charge is 0.214 e. The zero-order valence-electron chi connectivity index (χ0n) is 14.3. The van der Waals surface area contributed by atoms with E-state index in [2.05, 4.69) is 33.0 Å². The molecule has 0 atom stereocenters. The predicted molar refractivity (Wildman–Crippen MR) is 108 cm³/mol. The molecule has 3 aromatic rings. The maximum Gasteiger partial charge on any atom is 0.214 e. The number of halogens is 1. The minimum Gasteiger partial charge on any atom is -0.313 e. The fraction of sp³-hybridized carbons (Fsp3) is 0.211. The van der Waals surface area contributed by atoms with Gasteiger partial charge in [0.05, 0.1) is 5.69 Å². The van der Waals surface area contributed by atoms with Crippen molar-refractivity contribution >= 4 is 29.4 Å². The normalized spacial score (nSPS) is 11.3. The van der Waals surface area contributed by atoms with E-state index in [0.29, 0.717) is 0 Å². The number of rotatable bonds is 9. The van der Waals surface area contributed by atoms with E-state index in [9.17, 15) is 0 Å². The van der Waals surface area contributed by atoms with Crippen LogP contribution in [0.1, 0.15) is 12.0 Å². The first kappa shape index (κ1) is 18.6. The summed E-state index contributed by atoms with van der Waals surface area (Å²) >= 11 is 7.54. The third-order valence-electron chi connectivity index (χ3n) is 3.61. The van der Waals surface area contributed by atoms with Crippen LogP contribution in [-0.2, 0) is 0 Å². The van der Waals surface area contributed by atoms with E-state index in [0.717, 1.165) is 46.7 Å². The molecule has 0 saturated heterocycles. The van der Waals surface area contributed by atoms with E-state index in [4.69, 9.17) is 11.6 Å². The molecule has 0 aliphatic rings. The molecular formula is C19H20ClN5S. The molecule has 5 nitrogen and oxygen atoms in total. The Balaban J connectivity index is 1.34. The van der Waals surface area contributed by atoms with Gasteiger partial charge in [0.2, 0.25) is 5.16 Å². The fourth-order valence-electron chi connectivity index (χ4n) is 2.32. The van der Waals surface area contributed by atoms with Gasteiger partial charge in [-0.2, -0.15) is 4.68 Å². The first-order chi connectivity index (χ1) is 12.8. The number of nitrogens with zero attached hydrogens (tertiary/aromatic N) is 4. The van der Waals surface area contributed by atoms with E-state index in [-0.39, 0.29) is 0 Å². The van der Waals surface area contributed by atoms with Crippen molar-refractivity contribution in [3.05, 3.63) is 71.3 Å². The quantitative estimate of drug-likeness (QED) is 0.444. The van der Waals surface area contributed by atoms with Crippen LogP contribution in [0.5, 0.6) is 0 Å². The number of aromatic nitrogens is 4. The van der Waals surface area contributed by atoms with Crippen molar-refractivity contribution in [2.75, 3.05) is 18.8 Å². The van der Waals surface area contributed by atoms with E-state index in [1.807, 2.05) is 54.6 Å². The Labute approximate surface area is 162 Å². The van der Waals surface area contributed by atoms with Crippen molar-refractivity contribution < 1.29 is 0 Å². The van der Waals surface area contributed by atoms with E-state index in [1.54, 1.807) is 16.4 Å². The molecule has 7 heteroatoms. The Morgan fingerprint density at radius 3 is 2.69 bits per heavy atom. The first-order valence-corrected chi connectivity index (χ1v) is 9.79. The van der Waals surface area contributed by atoms with Crippen LogP contribution in [-0.4, -0.2) is 39.0 Å². The maximum absolute atomic E-state index is 5.87. The van der Waals surface area contributed by atoms with Crippen LogP contribution < -0.4 is 5.32 Å². The second-order valence-electron chi connectivity index (χ2n) is 5.57. The lowest BCUT2D eigenvalue weighted by atomic mass is 10.2. The summed E-state index contributed by atoms with van der Waals surface area (Å²) in [5.74, 6) is 0.959. The monoisotopic (exact) mass is 385 g/mol. The molecule has 0 amide bonds. The largest absolute Gasteiger partial charge is 0.313 e. The summed E-state index contributed by atoms with van der Waals surface area (Å²) in [6, 6.07) is 17.7. The molecule has 1 aromatic heterocycles. The van der Waals surface area contributed by atoms with Crippen molar-refractivity contribution in [1.29, 1.82) is 0 Å². The summed E-state index contributed by atoms with van der Waals surface area (Å²) in [7, 11) is 0. The van der Waals surface area contributed by atoms with Gasteiger partial charge in [-0.1, -0.05) is 65.8 Å². The van der Waals surface area contributed by atoms with Crippen LogP contribution in [0.2, 0.25) is 5.02 Å². The average Bonchev–Trinajstić information content (AvgIpc) is 3.14. The maximum atomic E-state index is 5.87. The molecule has 0 radical (unpaired) electrons. The van der Waals surface area contributed by atoms with Crippen LogP contribution in [0.4, 0.5) is 0 Å². The Morgan fingerprint density at radius 2 is 1.88 bits per heavy atom. The second kappa shape index (κ2) is 10.1. The van der Waals surface area contributed by atoms with Gasteiger partial charge in [0.25, 0.3) is 0 Å². The van der Waals surface area contributed by atoms with E-state index < -0.39 is 0 Å². The molecule has 1 N–H and O–H groups in total. The number of nitrogens with one attached hydrogen (secondary N) is 1. The Bertz CT molecular complexity index is 817. The highest BCUT2D eigenvalue weighted by Gasteiger charge is 2.07. The van der Waals surface area contributed by atoms with Gasteiger partial charge in [-0.05, 0) is 53.2 Å². The molecule has 0 spiro atoms. The minimum absolute atomic E-state index is 0.760. The van der Waals surface area contributed by atoms with Gasteiger partial charge in [-0.3, -0.25) is 0 Å². The van der Waals surface area contributed by atoms with Gasteiger partial charge in [-0.25, -0.2) is 0 Å². The lowest BCUT2D eigenvalue weighted by molar-refractivity contribution is 0.731. The molecule has 0 aliphatic carbocycles. The van der Waals surface area contributed by atoms with Gasteiger partial charge >= 0.3 is 0 Å². The first-order valence-electron chi connectivity index (χ1n) is 8.42. The van der Waals surface area contributed by atoms with Crippen molar-refractivity contribution in [3.8, 4) is 5.69 Å². The highest BCUT2D eigenvalue weighted by Crippen LogP contribution is 2.18. The third-order valence-corrected chi connectivity index (χ3v) is 4.87. The number of thioether (sulfide) groups is 1. The van der Waals surface area contributed by atoms with Crippen LogP contribution in [0, 0.1) is 0 Å². The lowest BCUT2D eigenvalue weighted by Gasteiger charge is -2.04. The molecule has 1 heterocycles. The van der Waals surface area contributed by atoms with Gasteiger partial charge in [0.15, 0.2) is 0 Å². The van der Waals surface area contributed by atoms with Gasteiger partial charge in [0, 0.05) is 17.3 Å². The number of tetrazole rings is 1. The molecule has 2 aromatic carbocycles. The molecule has 0 bridgehead atoms. The number of benzene rings is 2.